The van der Waals surface area contributed by atoms with Gasteiger partial charge in [-0.3, -0.25) is 9.53 Å². The molecule has 4 fully saturated rings. The summed E-state index contributed by atoms with van der Waals surface area (Å²) in [5.74, 6) is 0.982. The van der Waals surface area contributed by atoms with Gasteiger partial charge in [0.25, 0.3) is 5.91 Å². The fourth-order valence-corrected chi connectivity index (χ4v) is 5.92. The Morgan fingerprint density at radius 1 is 1.15 bits per heavy atom. The van der Waals surface area contributed by atoms with Crippen LogP contribution in [-0.2, 0) is 16.0 Å². The molecule has 1 N–H and O–H groups in total. The summed E-state index contributed by atoms with van der Waals surface area (Å²) in [6.07, 6.45) is -2.38. The number of aryl methyl sites for hydroxylation is 1. The van der Waals surface area contributed by atoms with E-state index >= 15 is 0 Å². The van der Waals surface area contributed by atoms with E-state index < -0.39 is 18.6 Å². The van der Waals surface area contributed by atoms with Gasteiger partial charge in [-0.2, -0.15) is 0 Å². The number of rotatable bonds is 5. The number of fused-ring (bicyclic) bond motifs is 2. The van der Waals surface area contributed by atoms with Crippen LogP contribution in [-0.4, -0.2) is 40.2 Å². The molecule has 0 unspecified atom stereocenters. The van der Waals surface area contributed by atoms with Gasteiger partial charge in [0.1, 0.15) is 11.6 Å². The molecule has 2 aromatic rings. The third-order valence-corrected chi connectivity index (χ3v) is 7.65. The standard InChI is InChI=1S/C23H23F4N3O4/c24-14-2-4-17-11(5-14)1-3-18(32-17)19(31)28-22-8-13(9-22)16(10-22)21-30-29-20(33-21)12-6-15(7-12)34-23(25,26)27/h2,4-5,12-13,15-16,18H,1,3,6-10H2,(H,28,31)/t12?,13?,15?,16-,18+,22?/m1/s1. The monoisotopic (exact) mass is 481 g/mol. The minimum atomic E-state index is -4.64. The van der Waals surface area contributed by atoms with Crippen molar-refractivity contribution in [3.63, 3.8) is 0 Å². The molecule has 34 heavy (non-hydrogen) atoms. The topological polar surface area (TPSA) is 86.5 Å². The highest BCUT2D eigenvalue weighted by Gasteiger charge is 2.59. The van der Waals surface area contributed by atoms with Crippen LogP contribution in [0.15, 0.2) is 22.6 Å². The number of halogens is 4. The van der Waals surface area contributed by atoms with E-state index in [1.165, 1.54) is 12.1 Å². The first-order valence-corrected chi connectivity index (χ1v) is 11.5. The Labute approximate surface area is 192 Å². The van der Waals surface area contributed by atoms with Crippen molar-refractivity contribution in [2.45, 2.75) is 80.9 Å². The number of carbonyl (C=O) groups excluding carboxylic acids is 1. The summed E-state index contributed by atoms with van der Waals surface area (Å²) in [7, 11) is 0. The Bertz CT molecular complexity index is 1110. The molecule has 7 nitrogen and oxygen atoms in total. The fraction of sp³-hybridized carbons (Fsp3) is 0.609. The van der Waals surface area contributed by atoms with Gasteiger partial charge in [0.05, 0.1) is 6.10 Å². The predicted molar refractivity (Wildman–Crippen MR) is 107 cm³/mol. The van der Waals surface area contributed by atoms with Crippen LogP contribution in [0.5, 0.6) is 5.75 Å². The van der Waals surface area contributed by atoms with Crippen LogP contribution < -0.4 is 10.1 Å². The average molecular weight is 481 g/mol. The summed E-state index contributed by atoms with van der Waals surface area (Å²) < 4.78 is 66.0. The molecular weight excluding hydrogens is 458 g/mol. The van der Waals surface area contributed by atoms with Crippen LogP contribution in [0.4, 0.5) is 17.6 Å². The minimum absolute atomic E-state index is 0.0137. The van der Waals surface area contributed by atoms with Crippen LogP contribution in [0.3, 0.4) is 0 Å². The molecule has 4 saturated carbocycles. The first-order chi connectivity index (χ1) is 16.2. The Balaban J connectivity index is 1.04. The first kappa shape index (κ1) is 21.8. The number of nitrogens with zero attached hydrogens (tertiary/aromatic N) is 2. The van der Waals surface area contributed by atoms with Gasteiger partial charge in [0.2, 0.25) is 11.8 Å². The Morgan fingerprint density at radius 2 is 1.91 bits per heavy atom. The third-order valence-electron chi connectivity index (χ3n) is 7.65. The van der Waals surface area contributed by atoms with E-state index in [9.17, 15) is 22.4 Å². The molecule has 7 rings (SSSR count). The Hall–Kier alpha value is -2.69. The summed E-state index contributed by atoms with van der Waals surface area (Å²) >= 11 is 0. The molecule has 2 bridgehead atoms. The van der Waals surface area contributed by atoms with Crippen molar-refractivity contribution in [1.29, 1.82) is 0 Å². The average Bonchev–Trinajstić information content (AvgIpc) is 3.42. The molecule has 2 atom stereocenters. The molecule has 1 aromatic heterocycles. The molecule has 11 heteroatoms. The van der Waals surface area contributed by atoms with Crippen LogP contribution in [0, 0.1) is 11.7 Å². The number of amides is 1. The number of hydrogen-bond acceptors (Lipinski definition) is 6. The van der Waals surface area contributed by atoms with E-state index in [1.807, 2.05) is 0 Å². The molecule has 1 amide bonds. The van der Waals surface area contributed by atoms with Crippen LogP contribution >= 0.6 is 0 Å². The zero-order valence-corrected chi connectivity index (χ0v) is 18.1. The van der Waals surface area contributed by atoms with Gasteiger partial charge in [0, 0.05) is 17.4 Å². The summed E-state index contributed by atoms with van der Waals surface area (Å²) in [5.41, 5.74) is 0.428. The second-order valence-corrected chi connectivity index (χ2v) is 9.98. The number of hydrogen-bond donors (Lipinski definition) is 1. The van der Waals surface area contributed by atoms with Gasteiger partial charge >= 0.3 is 6.36 Å². The molecule has 4 aliphatic carbocycles. The molecule has 0 spiro atoms. The highest BCUT2D eigenvalue weighted by atomic mass is 19.4. The van der Waals surface area contributed by atoms with Crippen molar-refractivity contribution in [2.75, 3.05) is 0 Å². The molecule has 0 saturated heterocycles. The smallest absolute Gasteiger partial charge is 0.480 e. The van der Waals surface area contributed by atoms with Crippen molar-refractivity contribution in [1.82, 2.24) is 15.5 Å². The van der Waals surface area contributed by atoms with Gasteiger partial charge in [-0.05, 0) is 74.6 Å². The van der Waals surface area contributed by atoms with Crippen LogP contribution in [0.25, 0.3) is 0 Å². The van der Waals surface area contributed by atoms with Crippen molar-refractivity contribution in [2.24, 2.45) is 5.92 Å². The number of benzene rings is 1. The summed E-state index contributed by atoms with van der Waals surface area (Å²) in [6, 6.07) is 4.31. The first-order valence-electron chi connectivity index (χ1n) is 11.5. The molecular formula is C23H23F4N3O4. The maximum absolute atomic E-state index is 13.4. The summed E-state index contributed by atoms with van der Waals surface area (Å²) in [5, 5.41) is 11.4. The van der Waals surface area contributed by atoms with Gasteiger partial charge in [0.15, 0.2) is 6.10 Å². The lowest BCUT2D eigenvalue weighted by molar-refractivity contribution is -0.352. The largest absolute Gasteiger partial charge is 0.522 e. The van der Waals surface area contributed by atoms with Gasteiger partial charge in [-0.1, -0.05) is 0 Å². The maximum atomic E-state index is 13.4. The van der Waals surface area contributed by atoms with E-state index in [-0.39, 0.29) is 41.9 Å². The Kier molecular flexibility index (Phi) is 4.91. The number of aromatic nitrogens is 2. The number of nitrogens with one attached hydrogen (secondary N) is 1. The van der Waals surface area contributed by atoms with Crippen LogP contribution in [0.1, 0.15) is 67.7 Å². The lowest BCUT2D eigenvalue weighted by atomic mass is 9.76. The number of alkyl halides is 3. The zero-order valence-electron chi connectivity index (χ0n) is 18.1. The van der Waals surface area contributed by atoms with Crippen LogP contribution in [0.2, 0.25) is 0 Å². The lowest BCUT2D eigenvalue weighted by Crippen LogP contribution is -2.55. The molecule has 1 aliphatic heterocycles. The van der Waals surface area contributed by atoms with E-state index in [1.54, 1.807) is 6.07 Å². The van der Waals surface area contributed by atoms with Crippen molar-refractivity contribution >= 4 is 5.91 Å². The van der Waals surface area contributed by atoms with E-state index in [0.29, 0.717) is 42.7 Å². The summed E-state index contributed by atoms with van der Waals surface area (Å²) in [4.78, 5) is 12.9. The predicted octanol–water partition coefficient (Wildman–Crippen LogP) is 4.14. The highest BCUT2D eigenvalue weighted by Crippen LogP contribution is 2.59. The molecule has 2 heterocycles. The minimum Gasteiger partial charge on any atom is -0.480 e. The molecule has 5 aliphatic rings. The van der Waals surface area contributed by atoms with E-state index in [2.05, 4.69) is 20.3 Å². The van der Waals surface area contributed by atoms with Gasteiger partial charge in [-0.15, -0.1) is 23.4 Å². The normalized spacial score (nSPS) is 33.9. The van der Waals surface area contributed by atoms with E-state index in [4.69, 9.17) is 9.15 Å². The summed E-state index contributed by atoms with van der Waals surface area (Å²) in [6.45, 7) is 0. The quantitative estimate of drug-likeness (QED) is 0.647. The second-order valence-electron chi connectivity index (χ2n) is 9.98. The molecule has 0 radical (unpaired) electrons. The molecule has 182 valence electrons. The molecule has 1 aromatic carbocycles. The third kappa shape index (κ3) is 3.93. The lowest BCUT2D eigenvalue weighted by Gasteiger charge is -2.40. The zero-order chi connectivity index (χ0) is 23.7. The van der Waals surface area contributed by atoms with Crippen molar-refractivity contribution < 1.29 is 36.2 Å². The van der Waals surface area contributed by atoms with E-state index in [0.717, 1.165) is 18.4 Å². The SMILES string of the molecule is O=C(NC12CC(C1)[C@H](c1nnc(C3CC(OC(F)(F)F)C3)o1)C2)[C@@H]1CCc2cc(F)ccc2O1. The maximum Gasteiger partial charge on any atom is 0.522 e. The highest BCUT2D eigenvalue weighted by molar-refractivity contribution is 5.82. The second kappa shape index (κ2) is 7.66. The fourth-order valence-electron chi connectivity index (χ4n) is 5.92. The van der Waals surface area contributed by atoms with Gasteiger partial charge in [-0.25, -0.2) is 4.39 Å². The van der Waals surface area contributed by atoms with Gasteiger partial charge < -0.3 is 14.5 Å². The van der Waals surface area contributed by atoms with Crippen molar-refractivity contribution in [3.05, 3.63) is 41.4 Å². The Morgan fingerprint density at radius 3 is 2.68 bits per heavy atom. The van der Waals surface area contributed by atoms with Crippen molar-refractivity contribution in [3.8, 4) is 5.75 Å². The number of carbonyl (C=O) groups is 1. The number of ether oxygens (including phenoxy) is 2.